The maximum Gasteiger partial charge on any atom is 0.322 e. The van der Waals surface area contributed by atoms with Crippen LogP contribution in [0, 0.1) is 16.6 Å². The van der Waals surface area contributed by atoms with Crippen LogP contribution in [-0.4, -0.2) is 18.5 Å². The van der Waals surface area contributed by atoms with Gasteiger partial charge in [-0.1, -0.05) is 13.8 Å². The molecule has 0 spiro atoms. The number of rotatable bonds is 4. The number of ether oxygens (including phenoxy) is 1. The van der Waals surface area contributed by atoms with E-state index in [1.54, 1.807) is 6.92 Å². The third-order valence-corrected chi connectivity index (χ3v) is 3.85. The van der Waals surface area contributed by atoms with Crippen molar-refractivity contribution in [1.29, 1.82) is 0 Å². The standard InChI is InChI=1S/C15H18FNO3/c1-4-20-13(19)15(9-14(15,2)3)12(18)17-11-7-5-10(16)6-8-11/h5-8H,4,9H2,1-3H3,(H,17,18). The molecule has 0 bridgehead atoms. The molecule has 2 rings (SSSR count). The monoisotopic (exact) mass is 279 g/mol. The van der Waals surface area contributed by atoms with E-state index in [4.69, 9.17) is 4.74 Å². The predicted molar refractivity (Wildman–Crippen MR) is 72.5 cm³/mol. The van der Waals surface area contributed by atoms with Crippen LogP contribution in [0.15, 0.2) is 24.3 Å². The molecule has 20 heavy (non-hydrogen) atoms. The van der Waals surface area contributed by atoms with Gasteiger partial charge in [0.15, 0.2) is 5.41 Å². The molecule has 5 heteroatoms. The van der Waals surface area contributed by atoms with Crippen LogP contribution in [0.1, 0.15) is 27.2 Å². The Labute approximate surface area is 117 Å². The zero-order valence-electron chi connectivity index (χ0n) is 11.8. The third-order valence-electron chi connectivity index (χ3n) is 3.85. The summed E-state index contributed by atoms with van der Waals surface area (Å²) in [6.07, 6.45) is 0.450. The van der Waals surface area contributed by atoms with Gasteiger partial charge in [-0.2, -0.15) is 0 Å². The molecular weight excluding hydrogens is 261 g/mol. The molecule has 108 valence electrons. The first-order chi connectivity index (χ1) is 9.33. The van der Waals surface area contributed by atoms with Crippen molar-refractivity contribution in [3.8, 4) is 0 Å². The van der Waals surface area contributed by atoms with Crippen LogP contribution in [-0.2, 0) is 14.3 Å². The minimum atomic E-state index is -1.14. The number of amides is 1. The Balaban J connectivity index is 2.17. The van der Waals surface area contributed by atoms with Crippen LogP contribution in [0.25, 0.3) is 0 Å². The van der Waals surface area contributed by atoms with Crippen molar-refractivity contribution in [2.45, 2.75) is 27.2 Å². The summed E-state index contributed by atoms with van der Waals surface area (Å²) >= 11 is 0. The molecule has 1 atom stereocenters. The van der Waals surface area contributed by atoms with E-state index in [1.807, 2.05) is 13.8 Å². The van der Waals surface area contributed by atoms with Crippen LogP contribution < -0.4 is 5.32 Å². The van der Waals surface area contributed by atoms with Gasteiger partial charge in [0.1, 0.15) is 5.82 Å². The summed E-state index contributed by atoms with van der Waals surface area (Å²) in [7, 11) is 0. The van der Waals surface area contributed by atoms with E-state index < -0.39 is 22.7 Å². The third kappa shape index (κ3) is 2.28. The fourth-order valence-corrected chi connectivity index (χ4v) is 2.47. The van der Waals surface area contributed by atoms with Gasteiger partial charge >= 0.3 is 5.97 Å². The highest BCUT2D eigenvalue weighted by atomic mass is 19.1. The molecule has 1 aromatic rings. The highest BCUT2D eigenvalue weighted by Gasteiger charge is 2.72. The number of carbonyl (C=O) groups excluding carboxylic acids is 2. The van der Waals surface area contributed by atoms with Crippen molar-refractivity contribution in [2.24, 2.45) is 10.8 Å². The first-order valence-electron chi connectivity index (χ1n) is 6.58. The maximum atomic E-state index is 12.8. The number of carbonyl (C=O) groups is 2. The lowest BCUT2D eigenvalue weighted by atomic mass is 9.94. The van der Waals surface area contributed by atoms with Gasteiger partial charge in [-0.05, 0) is 43.0 Å². The van der Waals surface area contributed by atoms with Gasteiger partial charge < -0.3 is 10.1 Å². The van der Waals surface area contributed by atoms with Crippen molar-refractivity contribution in [3.63, 3.8) is 0 Å². The smallest absolute Gasteiger partial charge is 0.322 e. The summed E-state index contributed by atoms with van der Waals surface area (Å²) in [5.74, 6) is -1.27. The minimum Gasteiger partial charge on any atom is -0.465 e. The highest BCUT2D eigenvalue weighted by Crippen LogP contribution is 2.64. The second kappa shape index (κ2) is 4.89. The zero-order valence-corrected chi connectivity index (χ0v) is 11.8. The van der Waals surface area contributed by atoms with E-state index >= 15 is 0 Å². The molecule has 0 radical (unpaired) electrons. The normalized spacial score (nSPS) is 23.0. The second-order valence-corrected chi connectivity index (χ2v) is 5.65. The zero-order chi connectivity index (χ0) is 15.0. The van der Waals surface area contributed by atoms with Gasteiger partial charge in [0, 0.05) is 5.69 Å². The topological polar surface area (TPSA) is 55.4 Å². The number of anilines is 1. The number of halogens is 1. The van der Waals surface area contributed by atoms with E-state index in [9.17, 15) is 14.0 Å². The first-order valence-corrected chi connectivity index (χ1v) is 6.58. The molecule has 1 saturated carbocycles. The number of hydrogen-bond acceptors (Lipinski definition) is 3. The SMILES string of the molecule is CCOC(=O)C1(C(=O)Nc2ccc(F)cc2)CC1(C)C. The molecule has 1 unspecified atom stereocenters. The number of hydrogen-bond donors (Lipinski definition) is 1. The average Bonchev–Trinajstić information content (AvgIpc) is 2.97. The summed E-state index contributed by atoms with van der Waals surface area (Å²) < 4.78 is 17.9. The molecule has 1 aliphatic rings. The van der Waals surface area contributed by atoms with Gasteiger partial charge in [-0.3, -0.25) is 9.59 Å². The van der Waals surface area contributed by atoms with Crippen LogP contribution in [0.3, 0.4) is 0 Å². The van der Waals surface area contributed by atoms with Gasteiger partial charge in [0.2, 0.25) is 5.91 Å². The summed E-state index contributed by atoms with van der Waals surface area (Å²) in [6.45, 7) is 5.65. The Morgan fingerprint density at radius 3 is 2.30 bits per heavy atom. The Bertz CT molecular complexity index is 539. The van der Waals surface area contributed by atoms with Gasteiger partial charge in [-0.25, -0.2) is 4.39 Å². The highest BCUT2D eigenvalue weighted by molar-refractivity contribution is 6.12. The Morgan fingerprint density at radius 1 is 1.30 bits per heavy atom. The molecule has 0 saturated heterocycles. The number of esters is 1. The first kappa shape index (κ1) is 14.5. The van der Waals surface area contributed by atoms with Crippen molar-refractivity contribution < 1.29 is 18.7 Å². The summed E-state index contributed by atoms with van der Waals surface area (Å²) in [5.41, 5.74) is -1.11. The van der Waals surface area contributed by atoms with Crippen molar-refractivity contribution in [3.05, 3.63) is 30.1 Å². The van der Waals surface area contributed by atoms with Gasteiger partial charge in [-0.15, -0.1) is 0 Å². The second-order valence-electron chi connectivity index (χ2n) is 5.65. The van der Waals surface area contributed by atoms with Crippen molar-refractivity contribution in [2.75, 3.05) is 11.9 Å². The van der Waals surface area contributed by atoms with Crippen LogP contribution in [0.4, 0.5) is 10.1 Å². The lowest BCUT2D eigenvalue weighted by Crippen LogP contribution is -2.36. The van der Waals surface area contributed by atoms with Crippen molar-refractivity contribution in [1.82, 2.24) is 0 Å². The molecule has 1 aromatic carbocycles. The van der Waals surface area contributed by atoms with E-state index in [-0.39, 0.29) is 12.4 Å². The van der Waals surface area contributed by atoms with Crippen LogP contribution in [0.2, 0.25) is 0 Å². The predicted octanol–water partition coefficient (Wildman–Crippen LogP) is 2.74. The molecular formula is C15H18FNO3. The molecule has 0 heterocycles. The Morgan fingerprint density at radius 2 is 1.85 bits per heavy atom. The molecule has 4 nitrogen and oxygen atoms in total. The fraction of sp³-hybridized carbons (Fsp3) is 0.467. The summed E-state index contributed by atoms with van der Waals surface area (Å²) in [5, 5.41) is 2.66. The van der Waals surface area contributed by atoms with Crippen LogP contribution >= 0.6 is 0 Å². The quantitative estimate of drug-likeness (QED) is 0.681. The van der Waals surface area contributed by atoms with Crippen molar-refractivity contribution >= 4 is 17.6 Å². The maximum absolute atomic E-state index is 12.8. The molecule has 1 amide bonds. The lowest BCUT2D eigenvalue weighted by molar-refractivity contribution is -0.154. The molecule has 0 aliphatic heterocycles. The van der Waals surface area contributed by atoms with E-state index in [2.05, 4.69) is 5.32 Å². The number of benzene rings is 1. The summed E-state index contributed by atoms with van der Waals surface area (Å²) in [6, 6.07) is 5.43. The average molecular weight is 279 g/mol. The van der Waals surface area contributed by atoms with Gasteiger partial charge in [0.05, 0.1) is 6.61 Å². The van der Waals surface area contributed by atoms with Gasteiger partial charge in [0.25, 0.3) is 0 Å². The fourth-order valence-electron chi connectivity index (χ4n) is 2.47. The molecule has 1 fully saturated rings. The van der Waals surface area contributed by atoms with E-state index in [0.29, 0.717) is 12.1 Å². The molecule has 1 N–H and O–H groups in total. The Kier molecular flexibility index (Phi) is 3.54. The summed E-state index contributed by atoms with van der Waals surface area (Å²) in [4.78, 5) is 24.5. The number of nitrogens with one attached hydrogen (secondary N) is 1. The Hall–Kier alpha value is -1.91. The minimum absolute atomic E-state index is 0.237. The lowest BCUT2D eigenvalue weighted by Gasteiger charge is -2.18. The van der Waals surface area contributed by atoms with E-state index in [0.717, 1.165) is 0 Å². The van der Waals surface area contributed by atoms with Crippen LogP contribution in [0.5, 0.6) is 0 Å². The molecule has 1 aliphatic carbocycles. The largest absolute Gasteiger partial charge is 0.465 e. The molecule has 0 aromatic heterocycles. The van der Waals surface area contributed by atoms with E-state index in [1.165, 1.54) is 24.3 Å².